The molecule has 3 rings (SSSR count). The summed E-state index contributed by atoms with van der Waals surface area (Å²) in [7, 11) is -3.86. The van der Waals surface area contributed by atoms with Crippen LogP contribution in [-0.2, 0) is 22.6 Å². The molecule has 6 nitrogen and oxygen atoms in total. The molecule has 0 aliphatic heterocycles. The van der Waals surface area contributed by atoms with E-state index in [9.17, 15) is 21.6 Å². The van der Waals surface area contributed by atoms with Gasteiger partial charge in [0.15, 0.2) is 5.65 Å². The van der Waals surface area contributed by atoms with E-state index < -0.39 is 21.8 Å². The number of halogens is 3. The van der Waals surface area contributed by atoms with Crippen LogP contribution in [0.3, 0.4) is 0 Å². The zero-order valence-electron chi connectivity index (χ0n) is 14.4. The maximum absolute atomic E-state index is 12.5. The van der Waals surface area contributed by atoms with Gasteiger partial charge in [-0.05, 0) is 49.6 Å². The van der Waals surface area contributed by atoms with E-state index in [0.29, 0.717) is 12.8 Å². The Morgan fingerprint density at radius 2 is 1.89 bits per heavy atom. The van der Waals surface area contributed by atoms with Crippen LogP contribution in [0.15, 0.2) is 47.6 Å². The summed E-state index contributed by atoms with van der Waals surface area (Å²) < 4.78 is 66.0. The standard InChI is InChI=1S/C17H17F3N4O2S/c1-12-9-16-21-10-13(11-24(16)23-12)3-2-8-22-27(25,26)15-6-4-14(5-7-15)17(18,19)20/h4-7,9-11,22H,2-3,8H2,1H3. The summed E-state index contributed by atoms with van der Waals surface area (Å²) in [6.45, 7) is 2.02. The van der Waals surface area contributed by atoms with E-state index in [1.807, 2.05) is 19.2 Å². The average Bonchev–Trinajstić information content (AvgIpc) is 2.97. The minimum Gasteiger partial charge on any atom is -0.237 e. The normalized spacial score (nSPS) is 12.6. The van der Waals surface area contributed by atoms with Crippen LogP contribution in [0.25, 0.3) is 5.65 Å². The van der Waals surface area contributed by atoms with Crippen LogP contribution in [-0.4, -0.2) is 29.6 Å². The fraction of sp³-hybridized carbons (Fsp3) is 0.294. The highest BCUT2D eigenvalue weighted by Gasteiger charge is 2.30. The predicted octanol–water partition coefficient (Wildman–Crippen LogP) is 2.97. The maximum Gasteiger partial charge on any atom is 0.416 e. The van der Waals surface area contributed by atoms with Gasteiger partial charge in [-0.1, -0.05) is 0 Å². The summed E-state index contributed by atoms with van der Waals surface area (Å²) in [6.07, 6.45) is 0.128. The smallest absolute Gasteiger partial charge is 0.237 e. The minimum atomic E-state index is -4.50. The lowest BCUT2D eigenvalue weighted by molar-refractivity contribution is -0.137. The zero-order valence-corrected chi connectivity index (χ0v) is 15.2. The van der Waals surface area contributed by atoms with Crippen LogP contribution in [0.2, 0.25) is 0 Å². The number of nitrogens with zero attached hydrogens (tertiary/aromatic N) is 3. The predicted molar refractivity (Wildman–Crippen MR) is 92.7 cm³/mol. The van der Waals surface area contributed by atoms with Crippen LogP contribution in [0.4, 0.5) is 13.2 Å². The number of sulfonamides is 1. The van der Waals surface area contributed by atoms with Crippen molar-refractivity contribution >= 4 is 15.7 Å². The third kappa shape index (κ3) is 4.64. The van der Waals surface area contributed by atoms with Crippen LogP contribution >= 0.6 is 0 Å². The van der Waals surface area contributed by atoms with Gasteiger partial charge in [-0.15, -0.1) is 0 Å². The highest BCUT2D eigenvalue weighted by Crippen LogP contribution is 2.29. The van der Waals surface area contributed by atoms with Gasteiger partial charge in [-0.25, -0.2) is 22.6 Å². The minimum absolute atomic E-state index is 0.152. The molecule has 2 aromatic heterocycles. The van der Waals surface area contributed by atoms with E-state index in [1.54, 1.807) is 10.7 Å². The molecule has 0 unspecified atom stereocenters. The molecule has 0 bridgehead atoms. The molecule has 2 heterocycles. The highest BCUT2D eigenvalue weighted by molar-refractivity contribution is 7.89. The van der Waals surface area contributed by atoms with Crippen molar-refractivity contribution in [3.05, 3.63) is 59.5 Å². The number of aryl methyl sites for hydroxylation is 2. The molecule has 1 aromatic carbocycles. The Bertz CT molecular complexity index is 1040. The molecule has 1 N–H and O–H groups in total. The Balaban J connectivity index is 1.56. The second kappa shape index (κ2) is 7.28. The molecule has 27 heavy (non-hydrogen) atoms. The van der Waals surface area contributed by atoms with Gasteiger partial charge in [-0.3, -0.25) is 0 Å². The Labute approximate surface area is 154 Å². The molecule has 0 aliphatic carbocycles. The number of hydrogen-bond donors (Lipinski definition) is 1. The summed E-state index contributed by atoms with van der Waals surface area (Å²) >= 11 is 0. The lowest BCUT2D eigenvalue weighted by Gasteiger charge is -2.09. The molecule has 3 aromatic rings. The van der Waals surface area contributed by atoms with Gasteiger partial charge in [0.05, 0.1) is 16.2 Å². The van der Waals surface area contributed by atoms with E-state index in [1.165, 1.54) is 0 Å². The summed E-state index contributed by atoms with van der Waals surface area (Å²) in [5.41, 5.74) is 1.60. The number of aromatic nitrogens is 3. The van der Waals surface area contributed by atoms with Gasteiger partial charge in [0, 0.05) is 25.0 Å². The summed E-state index contributed by atoms with van der Waals surface area (Å²) in [5, 5.41) is 4.27. The van der Waals surface area contributed by atoms with Crippen LogP contribution in [0.5, 0.6) is 0 Å². The Morgan fingerprint density at radius 3 is 2.56 bits per heavy atom. The number of fused-ring (bicyclic) bond motifs is 1. The summed E-state index contributed by atoms with van der Waals surface area (Å²) in [5.74, 6) is 0. The first kappa shape index (κ1) is 19.3. The second-order valence-electron chi connectivity index (χ2n) is 6.07. The van der Waals surface area contributed by atoms with E-state index in [0.717, 1.165) is 41.2 Å². The monoisotopic (exact) mass is 398 g/mol. The van der Waals surface area contributed by atoms with Crippen molar-refractivity contribution < 1.29 is 21.6 Å². The largest absolute Gasteiger partial charge is 0.416 e. The van der Waals surface area contributed by atoms with Crippen molar-refractivity contribution in [3.8, 4) is 0 Å². The van der Waals surface area contributed by atoms with Crippen LogP contribution < -0.4 is 4.72 Å². The number of alkyl halides is 3. The molecule has 0 saturated carbocycles. The molecule has 0 aliphatic rings. The van der Waals surface area contributed by atoms with Crippen molar-refractivity contribution in [1.82, 2.24) is 19.3 Å². The maximum atomic E-state index is 12.5. The number of hydrogen-bond acceptors (Lipinski definition) is 4. The van der Waals surface area contributed by atoms with E-state index >= 15 is 0 Å². The van der Waals surface area contributed by atoms with Gasteiger partial charge in [0.25, 0.3) is 0 Å². The average molecular weight is 398 g/mol. The highest BCUT2D eigenvalue weighted by atomic mass is 32.2. The molecular formula is C17H17F3N4O2S. The second-order valence-corrected chi connectivity index (χ2v) is 7.84. The number of rotatable bonds is 6. The van der Waals surface area contributed by atoms with Gasteiger partial charge < -0.3 is 0 Å². The zero-order chi connectivity index (χ0) is 19.7. The van der Waals surface area contributed by atoms with Gasteiger partial charge in [-0.2, -0.15) is 18.3 Å². The Morgan fingerprint density at radius 1 is 1.19 bits per heavy atom. The Kier molecular flexibility index (Phi) is 5.20. The van der Waals surface area contributed by atoms with Crippen molar-refractivity contribution in [2.45, 2.75) is 30.8 Å². The van der Waals surface area contributed by atoms with Gasteiger partial charge in [0.2, 0.25) is 10.0 Å². The third-order valence-corrected chi connectivity index (χ3v) is 5.39. The van der Waals surface area contributed by atoms with Crippen LogP contribution in [0, 0.1) is 6.92 Å². The molecular weight excluding hydrogens is 381 g/mol. The Hall–Kier alpha value is -2.46. The van der Waals surface area contributed by atoms with Gasteiger partial charge in [0.1, 0.15) is 0 Å². The first-order chi connectivity index (χ1) is 12.6. The number of nitrogens with one attached hydrogen (secondary N) is 1. The van der Waals surface area contributed by atoms with Gasteiger partial charge >= 0.3 is 6.18 Å². The molecule has 0 spiro atoms. The summed E-state index contributed by atoms with van der Waals surface area (Å²) in [6, 6.07) is 5.25. The van der Waals surface area contributed by atoms with Crippen LogP contribution in [0.1, 0.15) is 23.2 Å². The molecule has 144 valence electrons. The van der Waals surface area contributed by atoms with Crippen molar-refractivity contribution in [2.75, 3.05) is 6.54 Å². The molecule has 0 radical (unpaired) electrons. The third-order valence-electron chi connectivity index (χ3n) is 3.92. The molecule has 0 atom stereocenters. The van der Waals surface area contributed by atoms with E-state index in [2.05, 4.69) is 14.8 Å². The quantitative estimate of drug-likeness (QED) is 0.648. The van der Waals surface area contributed by atoms with E-state index in [4.69, 9.17) is 0 Å². The van der Waals surface area contributed by atoms with Crippen molar-refractivity contribution in [1.29, 1.82) is 0 Å². The van der Waals surface area contributed by atoms with Crippen molar-refractivity contribution in [3.63, 3.8) is 0 Å². The molecule has 0 amide bonds. The summed E-state index contributed by atoms with van der Waals surface area (Å²) in [4.78, 5) is 4.07. The van der Waals surface area contributed by atoms with Crippen molar-refractivity contribution in [2.24, 2.45) is 0 Å². The lowest BCUT2D eigenvalue weighted by atomic mass is 10.2. The lowest BCUT2D eigenvalue weighted by Crippen LogP contribution is -2.25. The molecule has 10 heteroatoms. The SMILES string of the molecule is Cc1cc2ncc(CCCNS(=O)(=O)c3ccc(C(F)(F)F)cc3)cn2n1. The molecule has 0 fully saturated rings. The fourth-order valence-corrected chi connectivity index (χ4v) is 3.64. The first-order valence-electron chi connectivity index (χ1n) is 8.13. The van der Waals surface area contributed by atoms with E-state index in [-0.39, 0.29) is 11.4 Å². The first-order valence-corrected chi connectivity index (χ1v) is 9.61. The fourth-order valence-electron chi connectivity index (χ4n) is 2.57. The molecule has 0 saturated heterocycles. The number of benzene rings is 1. The topological polar surface area (TPSA) is 76.4 Å².